The second kappa shape index (κ2) is 7.45. The summed E-state index contributed by atoms with van der Waals surface area (Å²) in [6.07, 6.45) is 4.17. The van der Waals surface area contributed by atoms with Crippen molar-refractivity contribution in [2.45, 2.75) is 51.2 Å². The van der Waals surface area contributed by atoms with Gasteiger partial charge in [0.15, 0.2) is 0 Å². The van der Waals surface area contributed by atoms with Gasteiger partial charge in [-0.1, -0.05) is 29.8 Å². The maximum atomic E-state index is 12.5. The second-order valence-corrected chi connectivity index (χ2v) is 7.23. The van der Waals surface area contributed by atoms with Crippen molar-refractivity contribution in [2.75, 3.05) is 13.1 Å². The van der Waals surface area contributed by atoms with Gasteiger partial charge < -0.3 is 15.7 Å². The molecular formula is C19H28N2O2. The van der Waals surface area contributed by atoms with Gasteiger partial charge in [0.05, 0.1) is 12.5 Å². The molecule has 0 aromatic heterocycles. The van der Waals surface area contributed by atoms with Crippen molar-refractivity contribution in [2.24, 2.45) is 11.8 Å². The van der Waals surface area contributed by atoms with Crippen LogP contribution < -0.4 is 10.6 Å². The molecule has 0 bridgehead atoms. The summed E-state index contributed by atoms with van der Waals surface area (Å²) in [7, 11) is 0. The monoisotopic (exact) mass is 316 g/mol. The molecule has 126 valence electrons. The molecule has 0 radical (unpaired) electrons. The van der Waals surface area contributed by atoms with Crippen LogP contribution in [0.15, 0.2) is 24.3 Å². The third kappa shape index (κ3) is 4.33. The van der Waals surface area contributed by atoms with Crippen LogP contribution in [-0.4, -0.2) is 36.2 Å². The highest BCUT2D eigenvalue weighted by molar-refractivity contribution is 5.79. The maximum Gasteiger partial charge on any atom is 0.224 e. The fourth-order valence-electron chi connectivity index (χ4n) is 3.99. The van der Waals surface area contributed by atoms with Crippen molar-refractivity contribution < 1.29 is 9.90 Å². The number of aliphatic hydroxyl groups is 1. The molecule has 1 saturated heterocycles. The van der Waals surface area contributed by atoms with Gasteiger partial charge in [-0.05, 0) is 63.1 Å². The number of carbonyl (C=O) groups excluding carboxylic acids is 1. The standard InChI is InChI=1S/C19H28N2O2/c1-13-3-2-4-14(9-13)10-18(23)21-19(16-11-17(22)12-16)15-5-7-20-8-6-15/h2-4,9,15-17,19-20,22H,5-8,10-12H2,1H3,(H,21,23)/t16?,17?,19-/m0/s1. The van der Waals surface area contributed by atoms with Crippen LogP contribution in [0.1, 0.15) is 36.8 Å². The minimum atomic E-state index is -0.169. The summed E-state index contributed by atoms with van der Waals surface area (Å²) in [5, 5.41) is 16.3. The van der Waals surface area contributed by atoms with Crippen molar-refractivity contribution in [3.05, 3.63) is 35.4 Å². The predicted molar refractivity (Wildman–Crippen MR) is 91.1 cm³/mol. The number of hydrogen-bond donors (Lipinski definition) is 3. The van der Waals surface area contributed by atoms with Crippen LogP contribution >= 0.6 is 0 Å². The summed E-state index contributed by atoms with van der Waals surface area (Å²) < 4.78 is 0. The van der Waals surface area contributed by atoms with E-state index < -0.39 is 0 Å². The van der Waals surface area contributed by atoms with E-state index in [2.05, 4.69) is 29.7 Å². The number of rotatable bonds is 5. The molecule has 1 aromatic carbocycles. The lowest BCUT2D eigenvalue weighted by Crippen LogP contribution is -2.53. The summed E-state index contributed by atoms with van der Waals surface area (Å²) in [6.45, 7) is 4.11. The predicted octanol–water partition coefficient (Wildman–Crippen LogP) is 1.79. The number of aliphatic hydroxyl groups excluding tert-OH is 1. The molecule has 1 amide bonds. The van der Waals surface area contributed by atoms with Crippen LogP contribution in [0, 0.1) is 18.8 Å². The van der Waals surface area contributed by atoms with Gasteiger partial charge in [0, 0.05) is 6.04 Å². The molecule has 4 heteroatoms. The fourth-order valence-corrected chi connectivity index (χ4v) is 3.99. The quantitative estimate of drug-likeness (QED) is 0.776. The molecule has 1 aromatic rings. The van der Waals surface area contributed by atoms with Crippen molar-refractivity contribution in [3.8, 4) is 0 Å². The third-order valence-electron chi connectivity index (χ3n) is 5.32. The Morgan fingerprint density at radius 3 is 2.70 bits per heavy atom. The van der Waals surface area contributed by atoms with E-state index in [1.165, 1.54) is 5.56 Å². The molecule has 23 heavy (non-hydrogen) atoms. The molecule has 1 aliphatic heterocycles. The van der Waals surface area contributed by atoms with Gasteiger partial charge in [-0.25, -0.2) is 0 Å². The van der Waals surface area contributed by atoms with Crippen LogP contribution in [0.4, 0.5) is 0 Å². The van der Waals surface area contributed by atoms with Gasteiger partial charge in [0.2, 0.25) is 5.91 Å². The second-order valence-electron chi connectivity index (χ2n) is 7.23. The molecule has 2 fully saturated rings. The topological polar surface area (TPSA) is 61.4 Å². The fraction of sp³-hybridized carbons (Fsp3) is 0.632. The molecule has 3 rings (SSSR count). The molecular weight excluding hydrogens is 288 g/mol. The zero-order chi connectivity index (χ0) is 16.2. The Labute approximate surface area is 138 Å². The zero-order valence-electron chi connectivity index (χ0n) is 13.9. The Morgan fingerprint density at radius 2 is 2.04 bits per heavy atom. The van der Waals surface area contributed by atoms with E-state index >= 15 is 0 Å². The van der Waals surface area contributed by atoms with Crippen molar-refractivity contribution >= 4 is 5.91 Å². The SMILES string of the molecule is Cc1cccc(CC(=O)N[C@@H](C2CCNCC2)C2CC(O)C2)c1. The van der Waals surface area contributed by atoms with Crippen LogP contribution in [0.2, 0.25) is 0 Å². The van der Waals surface area contributed by atoms with Crippen LogP contribution in [0.5, 0.6) is 0 Å². The highest BCUT2D eigenvalue weighted by Gasteiger charge is 2.39. The lowest BCUT2D eigenvalue weighted by Gasteiger charge is -2.43. The first-order chi connectivity index (χ1) is 11.1. The van der Waals surface area contributed by atoms with Crippen LogP contribution in [0.3, 0.4) is 0 Å². The van der Waals surface area contributed by atoms with Gasteiger partial charge in [0.25, 0.3) is 0 Å². The van der Waals surface area contributed by atoms with Crippen molar-refractivity contribution in [1.29, 1.82) is 0 Å². The summed E-state index contributed by atoms with van der Waals surface area (Å²) in [4.78, 5) is 12.5. The van der Waals surface area contributed by atoms with Crippen molar-refractivity contribution in [3.63, 3.8) is 0 Å². The number of amides is 1. The summed E-state index contributed by atoms with van der Waals surface area (Å²) in [6, 6.07) is 8.36. The molecule has 1 aliphatic carbocycles. The first kappa shape index (κ1) is 16.5. The Hall–Kier alpha value is -1.39. The largest absolute Gasteiger partial charge is 0.393 e. The number of piperidine rings is 1. The summed E-state index contributed by atoms with van der Waals surface area (Å²) in [5.74, 6) is 1.09. The Morgan fingerprint density at radius 1 is 1.30 bits per heavy atom. The van der Waals surface area contributed by atoms with E-state index in [0.717, 1.165) is 44.3 Å². The van der Waals surface area contributed by atoms with Gasteiger partial charge in [-0.2, -0.15) is 0 Å². The average molecular weight is 316 g/mol. The Balaban J connectivity index is 1.61. The number of carbonyl (C=O) groups is 1. The normalized spacial score (nSPS) is 26.3. The number of hydrogen-bond acceptors (Lipinski definition) is 3. The molecule has 3 N–H and O–H groups in total. The van der Waals surface area contributed by atoms with Crippen LogP contribution in [-0.2, 0) is 11.2 Å². The van der Waals surface area contributed by atoms with Gasteiger partial charge in [-0.15, -0.1) is 0 Å². The highest BCUT2D eigenvalue weighted by Crippen LogP contribution is 2.35. The summed E-state index contributed by atoms with van der Waals surface area (Å²) in [5.41, 5.74) is 2.26. The van der Waals surface area contributed by atoms with Gasteiger partial charge in [0.1, 0.15) is 0 Å². The third-order valence-corrected chi connectivity index (χ3v) is 5.32. The van der Waals surface area contributed by atoms with E-state index in [-0.39, 0.29) is 18.1 Å². The molecule has 4 nitrogen and oxygen atoms in total. The van der Waals surface area contributed by atoms with Crippen molar-refractivity contribution in [1.82, 2.24) is 10.6 Å². The van der Waals surface area contributed by atoms with E-state index in [1.807, 2.05) is 12.1 Å². The van der Waals surface area contributed by atoms with Gasteiger partial charge in [-0.3, -0.25) is 4.79 Å². The first-order valence-electron chi connectivity index (χ1n) is 8.85. The number of aryl methyl sites for hydroxylation is 1. The smallest absolute Gasteiger partial charge is 0.224 e. The van der Waals surface area contributed by atoms with Crippen LogP contribution in [0.25, 0.3) is 0 Å². The lowest BCUT2D eigenvalue weighted by atomic mass is 9.71. The number of benzene rings is 1. The van der Waals surface area contributed by atoms with E-state index in [0.29, 0.717) is 18.3 Å². The Bertz CT molecular complexity index is 534. The Kier molecular flexibility index (Phi) is 5.34. The molecule has 0 spiro atoms. The molecule has 1 atom stereocenters. The number of nitrogens with one attached hydrogen (secondary N) is 2. The first-order valence-corrected chi connectivity index (χ1v) is 8.85. The lowest BCUT2D eigenvalue weighted by molar-refractivity contribution is -0.123. The minimum Gasteiger partial charge on any atom is -0.393 e. The average Bonchev–Trinajstić information content (AvgIpc) is 2.51. The molecule has 2 aliphatic rings. The van der Waals surface area contributed by atoms with Gasteiger partial charge >= 0.3 is 0 Å². The van der Waals surface area contributed by atoms with E-state index in [9.17, 15) is 9.90 Å². The highest BCUT2D eigenvalue weighted by atomic mass is 16.3. The van der Waals surface area contributed by atoms with E-state index in [4.69, 9.17) is 0 Å². The maximum absolute atomic E-state index is 12.5. The molecule has 1 heterocycles. The van der Waals surface area contributed by atoms with E-state index in [1.54, 1.807) is 0 Å². The summed E-state index contributed by atoms with van der Waals surface area (Å²) >= 11 is 0. The zero-order valence-corrected chi connectivity index (χ0v) is 13.9. The molecule has 0 unspecified atom stereocenters. The minimum absolute atomic E-state index is 0.112. The molecule has 1 saturated carbocycles.